The molecule has 2 nitrogen and oxygen atoms in total. The first-order valence-corrected chi connectivity index (χ1v) is 7.78. The van der Waals surface area contributed by atoms with Crippen molar-refractivity contribution in [2.24, 2.45) is 11.3 Å². The average molecular weight is 281 g/mol. The molecule has 0 aliphatic heterocycles. The largest absolute Gasteiger partial charge is 0.367 e. The highest BCUT2D eigenvalue weighted by Gasteiger charge is 2.31. The summed E-state index contributed by atoms with van der Waals surface area (Å²) in [7, 11) is 0. The molecule has 19 heavy (non-hydrogen) atoms. The molecule has 1 fully saturated rings. The van der Waals surface area contributed by atoms with Gasteiger partial charge in [-0.05, 0) is 49.1 Å². The third kappa shape index (κ3) is 3.85. The van der Waals surface area contributed by atoms with E-state index in [0.29, 0.717) is 16.6 Å². The van der Waals surface area contributed by atoms with E-state index >= 15 is 0 Å². The molecule has 0 spiro atoms. The Hall–Kier alpha value is -0.760. The lowest BCUT2D eigenvalue weighted by atomic mass is 9.69. The van der Waals surface area contributed by atoms with Gasteiger partial charge in [0, 0.05) is 6.04 Å². The molecule has 1 aliphatic carbocycles. The molecule has 0 radical (unpaired) electrons. The lowest BCUT2D eigenvalue weighted by Gasteiger charge is -2.39. The normalized spacial score (nSPS) is 24.2. The van der Waals surface area contributed by atoms with Crippen molar-refractivity contribution >= 4 is 17.4 Å². The van der Waals surface area contributed by atoms with Gasteiger partial charge in [-0.1, -0.05) is 44.9 Å². The van der Waals surface area contributed by atoms with Crippen LogP contribution in [0.25, 0.3) is 0 Å². The SMILES string of the molecule is CCC(C)(C)C1CCC(Nc2cccc(Cl)n2)CC1. The smallest absolute Gasteiger partial charge is 0.131 e. The lowest BCUT2D eigenvalue weighted by molar-refractivity contribution is 0.147. The Labute approximate surface area is 122 Å². The number of hydrogen-bond donors (Lipinski definition) is 1. The summed E-state index contributed by atoms with van der Waals surface area (Å²) in [6.45, 7) is 7.12. The first kappa shape index (κ1) is 14.6. The van der Waals surface area contributed by atoms with Crippen molar-refractivity contribution in [2.75, 3.05) is 5.32 Å². The molecule has 0 saturated heterocycles. The maximum atomic E-state index is 5.91. The van der Waals surface area contributed by atoms with Gasteiger partial charge in [-0.2, -0.15) is 0 Å². The molecular formula is C16H25ClN2. The monoisotopic (exact) mass is 280 g/mol. The van der Waals surface area contributed by atoms with E-state index in [9.17, 15) is 0 Å². The van der Waals surface area contributed by atoms with Crippen LogP contribution in [0, 0.1) is 11.3 Å². The quantitative estimate of drug-likeness (QED) is 0.772. The van der Waals surface area contributed by atoms with Crippen molar-refractivity contribution in [1.29, 1.82) is 0 Å². The van der Waals surface area contributed by atoms with Gasteiger partial charge in [-0.15, -0.1) is 0 Å². The molecule has 0 unspecified atom stereocenters. The van der Waals surface area contributed by atoms with E-state index in [2.05, 4.69) is 31.1 Å². The summed E-state index contributed by atoms with van der Waals surface area (Å²) in [6, 6.07) is 6.31. The highest BCUT2D eigenvalue weighted by Crippen LogP contribution is 2.40. The molecular weight excluding hydrogens is 256 g/mol. The summed E-state index contributed by atoms with van der Waals surface area (Å²) in [5.41, 5.74) is 0.485. The van der Waals surface area contributed by atoms with Crippen molar-refractivity contribution in [2.45, 2.75) is 58.9 Å². The van der Waals surface area contributed by atoms with E-state index in [1.54, 1.807) is 0 Å². The fourth-order valence-corrected chi connectivity index (χ4v) is 3.17. The number of aromatic nitrogens is 1. The summed E-state index contributed by atoms with van der Waals surface area (Å²) in [6.07, 6.45) is 6.38. The lowest BCUT2D eigenvalue weighted by Crippen LogP contribution is -2.32. The molecule has 0 atom stereocenters. The number of rotatable bonds is 4. The van der Waals surface area contributed by atoms with Gasteiger partial charge < -0.3 is 5.32 Å². The van der Waals surface area contributed by atoms with E-state index in [0.717, 1.165) is 11.7 Å². The molecule has 1 aliphatic rings. The number of hydrogen-bond acceptors (Lipinski definition) is 2. The molecule has 0 bridgehead atoms. The Morgan fingerprint density at radius 3 is 2.53 bits per heavy atom. The Balaban J connectivity index is 1.87. The molecule has 0 amide bonds. The summed E-state index contributed by atoms with van der Waals surface area (Å²) in [4.78, 5) is 4.31. The Morgan fingerprint density at radius 2 is 1.95 bits per heavy atom. The second-order valence-corrected chi connectivity index (χ2v) is 6.77. The zero-order valence-electron chi connectivity index (χ0n) is 12.2. The van der Waals surface area contributed by atoms with Crippen LogP contribution in [0.3, 0.4) is 0 Å². The fraction of sp³-hybridized carbons (Fsp3) is 0.688. The zero-order chi connectivity index (χ0) is 13.9. The number of nitrogens with one attached hydrogen (secondary N) is 1. The van der Waals surface area contributed by atoms with E-state index in [-0.39, 0.29) is 0 Å². The minimum absolute atomic E-state index is 0.485. The van der Waals surface area contributed by atoms with Gasteiger partial charge in [-0.25, -0.2) is 4.98 Å². The van der Waals surface area contributed by atoms with Crippen molar-refractivity contribution in [3.05, 3.63) is 23.4 Å². The Morgan fingerprint density at radius 1 is 1.26 bits per heavy atom. The van der Waals surface area contributed by atoms with Crippen molar-refractivity contribution in [1.82, 2.24) is 4.98 Å². The number of halogens is 1. The van der Waals surface area contributed by atoms with Gasteiger partial charge in [0.2, 0.25) is 0 Å². The molecule has 1 aromatic heterocycles. The minimum Gasteiger partial charge on any atom is -0.367 e. The molecule has 1 heterocycles. The minimum atomic E-state index is 0.485. The standard InChI is InChI=1S/C16H25ClN2/c1-4-16(2,3)12-8-10-13(11-9-12)18-15-7-5-6-14(17)19-15/h5-7,12-13H,4,8-11H2,1-3H3,(H,18,19). The third-order valence-electron chi connectivity index (χ3n) is 4.81. The van der Waals surface area contributed by atoms with E-state index < -0.39 is 0 Å². The summed E-state index contributed by atoms with van der Waals surface area (Å²) >= 11 is 5.91. The number of anilines is 1. The fourth-order valence-electron chi connectivity index (χ4n) is 3.01. The highest BCUT2D eigenvalue weighted by atomic mass is 35.5. The van der Waals surface area contributed by atoms with Gasteiger partial charge in [0.1, 0.15) is 11.0 Å². The van der Waals surface area contributed by atoms with Crippen LogP contribution in [0.1, 0.15) is 52.9 Å². The molecule has 1 N–H and O–H groups in total. The molecule has 1 saturated carbocycles. The van der Waals surface area contributed by atoms with Crippen LogP contribution < -0.4 is 5.32 Å². The van der Waals surface area contributed by atoms with Crippen molar-refractivity contribution in [3.63, 3.8) is 0 Å². The Bertz CT molecular complexity index is 409. The van der Waals surface area contributed by atoms with Crippen LogP contribution in [0.2, 0.25) is 5.15 Å². The van der Waals surface area contributed by atoms with Crippen LogP contribution >= 0.6 is 11.6 Å². The maximum Gasteiger partial charge on any atom is 0.131 e. The summed E-state index contributed by atoms with van der Waals surface area (Å²) in [5.74, 6) is 1.77. The number of nitrogens with zero attached hydrogens (tertiary/aromatic N) is 1. The molecule has 1 aromatic rings. The average Bonchev–Trinajstić information content (AvgIpc) is 2.39. The molecule has 3 heteroatoms. The second-order valence-electron chi connectivity index (χ2n) is 6.38. The van der Waals surface area contributed by atoms with Gasteiger partial charge in [0.25, 0.3) is 0 Å². The molecule has 0 aromatic carbocycles. The van der Waals surface area contributed by atoms with Crippen molar-refractivity contribution in [3.8, 4) is 0 Å². The van der Waals surface area contributed by atoms with Gasteiger partial charge >= 0.3 is 0 Å². The van der Waals surface area contributed by atoms with Gasteiger partial charge in [-0.3, -0.25) is 0 Å². The zero-order valence-corrected chi connectivity index (χ0v) is 13.0. The van der Waals surface area contributed by atoms with Crippen LogP contribution in [0.15, 0.2) is 18.2 Å². The summed E-state index contributed by atoms with van der Waals surface area (Å²) in [5, 5.41) is 4.08. The summed E-state index contributed by atoms with van der Waals surface area (Å²) < 4.78 is 0. The highest BCUT2D eigenvalue weighted by molar-refractivity contribution is 6.29. The first-order chi connectivity index (χ1) is 9.01. The van der Waals surface area contributed by atoms with Crippen LogP contribution in [-0.2, 0) is 0 Å². The van der Waals surface area contributed by atoms with Gasteiger partial charge in [0.15, 0.2) is 0 Å². The van der Waals surface area contributed by atoms with Crippen LogP contribution in [0.5, 0.6) is 0 Å². The van der Waals surface area contributed by atoms with Crippen LogP contribution in [0.4, 0.5) is 5.82 Å². The second kappa shape index (κ2) is 6.13. The Kier molecular flexibility index (Phi) is 4.72. The predicted octanol–water partition coefficient (Wildman–Crippen LogP) is 5.14. The van der Waals surface area contributed by atoms with Gasteiger partial charge in [0.05, 0.1) is 0 Å². The first-order valence-electron chi connectivity index (χ1n) is 7.40. The molecule has 2 rings (SSSR count). The van der Waals surface area contributed by atoms with Crippen LogP contribution in [-0.4, -0.2) is 11.0 Å². The van der Waals surface area contributed by atoms with E-state index in [4.69, 9.17) is 11.6 Å². The van der Waals surface area contributed by atoms with E-state index in [1.165, 1.54) is 32.1 Å². The van der Waals surface area contributed by atoms with E-state index in [1.807, 2.05) is 18.2 Å². The molecule has 106 valence electrons. The third-order valence-corrected chi connectivity index (χ3v) is 5.02. The topological polar surface area (TPSA) is 24.9 Å². The predicted molar refractivity (Wildman–Crippen MR) is 82.7 cm³/mol. The number of pyridine rings is 1. The maximum absolute atomic E-state index is 5.91. The van der Waals surface area contributed by atoms with Crippen molar-refractivity contribution < 1.29 is 0 Å².